The summed E-state index contributed by atoms with van der Waals surface area (Å²) >= 11 is 6.12. The monoisotopic (exact) mass is 620 g/mol. The number of anilines is 1. The molecule has 0 aliphatic rings. The van der Waals surface area contributed by atoms with E-state index in [2.05, 4.69) is 34.1 Å². The van der Waals surface area contributed by atoms with Gasteiger partial charge in [-0.2, -0.15) is 5.09 Å². The number of halogens is 1. The number of hydrogen-bond acceptors (Lipinski definition) is 9. The molecule has 0 aliphatic heterocycles. The number of pyridine rings is 1. The quantitative estimate of drug-likeness (QED) is 0.0918. The molecule has 0 spiro atoms. The number of nitrogens with zero attached hydrogens (tertiary/aromatic N) is 2. The van der Waals surface area contributed by atoms with E-state index in [9.17, 15) is 9.36 Å². The third-order valence-corrected chi connectivity index (χ3v) is 8.45. The maximum Gasteiger partial charge on any atom is 0.459 e. The van der Waals surface area contributed by atoms with Gasteiger partial charge in [0.25, 0.3) is 0 Å². The topological polar surface area (TPSA) is 111 Å². The second kappa shape index (κ2) is 17.4. The number of likely N-dealkylation sites (N-methyl/N-ethyl adjacent to an activating group) is 1. The summed E-state index contributed by atoms with van der Waals surface area (Å²) in [5.41, 5.74) is 1.89. The van der Waals surface area contributed by atoms with Gasteiger partial charge in [-0.1, -0.05) is 36.7 Å². The van der Waals surface area contributed by atoms with Gasteiger partial charge < -0.3 is 24.2 Å². The summed E-state index contributed by atoms with van der Waals surface area (Å²) in [5, 5.41) is 8.01. The molecule has 0 aliphatic carbocycles. The highest BCUT2D eigenvalue weighted by molar-refractivity contribution is 7.52. The average Bonchev–Trinajstić information content (AvgIpc) is 2.96. The van der Waals surface area contributed by atoms with Crippen LogP contribution in [0, 0.1) is 0 Å². The Balaban J connectivity index is 1.50. The lowest BCUT2D eigenvalue weighted by atomic mass is 10.1. The normalized spacial score (nSPS) is 14.3. The van der Waals surface area contributed by atoms with Crippen LogP contribution in [0.25, 0.3) is 10.9 Å². The standard InChI is InChI=1S/C30H42ClN4O6P/c1-5-35(17-9-10-23(2)33-28-15-16-32-29-22-25(31)13-14-27(28)29)18-19-40-42(37,41-26-11-7-6-8-12-26)34-24(3)30(36)39-21-20-38-4/h6-8,11-16,22-24H,5,9-10,17-21H2,1-4H3,(H,32,33)(H,34,37)/t23-,24+,42+/m1/s1. The van der Waals surface area contributed by atoms with Gasteiger partial charge in [0, 0.05) is 42.0 Å². The Hall–Kier alpha value is -2.72. The minimum absolute atomic E-state index is 0.0969. The zero-order valence-electron chi connectivity index (χ0n) is 24.8. The highest BCUT2D eigenvalue weighted by Gasteiger charge is 2.32. The lowest BCUT2D eigenvalue weighted by molar-refractivity contribution is -0.146. The predicted octanol–water partition coefficient (Wildman–Crippen LogP) is 6.16. The Morgan fingerprint density at radius 3 is 2.60 bits per heavy atom. The van der Waals surface area contributed by atoms with Crippen molar-refractivity contribution in [3.8, 4) is 5.75 Å². The minimum Gasteiger partial charge on any atom is -0.462 e. The fraction of sp³-hybridized carbons (Fsp3) is 0.467. The number of hydrogen-bond donors (Lipinski definition) is 2. The SMILES string of the molecule is CCN(CCC[C@@H](C)Nc1ccnc2cc(Cl)ccc12)CCO[P@@](=O)(N[C@@H](C)C(=O)OCCOC)Oc1ccccc1. The second-order valence-electron chi connectivity index (χ2n) is 9.89. The van der Waals surface area contributed by atoms with Gasteiger partial charge >= 0.3 is 13.7 Å². The molecule has 10 nitrogen and oxygen atoms in total. The molecule has 0 bridgehead atoms. The molecular formula is C30H42ClN4O6P. The Kier molecular flexibility index (Phi) is 14.0. The van der Waals surface area contributed by atoms with E-state index >= 15 is 0 Å². The number of carbonyl (C=O) groups excluding carboxylic acids is 1. The highest BCUT2D eigenvalue weighted by atomic mass is 35.5. The van der Waals surface area contributed by atoms with Gasteiger partial charge in [-0.3, -0.25) is 14.3 Å². The maximum atomic E-state index is 13.7. The molecule has 3 atom stereocenters. The van der Waals surface area contributed by atoms with Crippen LogP contribution in [0.5, 0.6) is 5.75 Å². The summed E-state index contributed by atoms with van der Waals surface area (Å²) in [7, 11) is -2.38. The zero-order chi connectivity index (χ0) is 30.4. The van der Waals surface area contributed by atoms with Crippen LogP contribution in [0.4, 0.5) is 5.69 Å². The molecule has 3 aromatic rings. The molecule has 0 fully saturated rings. The van der Waals surface area contributed by atoms with Crippen LogP contribution in [0.2, 0.25) is 5.02 Å². The van der Waals surface area contributed by atoms with Gasteiger partial charge in [0.15, 0.2) is 0 Å². The van der Waals surface area contributed by atoms with Crippen molar-refractivity contribution >= 4 is 41.9 Å². The second-order valence-corrected chi connectivity index (χ2v) is 12.0. The molecule has 1 aromatic heterocycles. The third kappa shape index (κ3) is 11.2. The summed E-state index contributed by atoms with van der Waals surface area (Å²) in [6.45, 7) is 8.50. The predicted molar refractivity (Wildman–Crippen MR) is 167 cm³/mol. The lowest BCUT2D eigenvalue weighted by Crippen LogP contribution is -2.36. The van der Waals surface area contributed by atoms with Crippen LogP contribution >= 0.6 is 19.3 Å². The van der Waals surface area contributed by atoms with Gasteiger partial charge in [-0.25, -0.2) is 4.57 Å². The number of aromatic nitrogens is 1. The Morgan fingerprint density at radius 2 is 1.86 bits per heavy atom. The number of fused-ring (bicyclic) bond motifs is 1. The average molecular weight is 621 g/mol. The first-order valence-corrected chi connectivity index (χ1v) is 16.1. The van der Waals surface area contributed by atoms with Crippen molar-refractivity contribution in [2.45, 2.75) is 45.7 Å². The van der Waals surface area contributed by atoms with E-state index in [1.54, 1.807) is 37.4 Å². The molecular weight excluding hydrogens is 579 g/mol. The molecule has 230 valence electrons. The van der Waals surface area contributed by atoms with E-state index in [1.807, 2.05) is 30.3 Å². The molecule has 0 saturated heterocycles. The zero-order valence-corrected chi connectivity index (χ0v) is 26.4. The lowest BCUT2D eigenvalue weighted by Gasteiger charge is -2.25. The first-order chi connectivity index (χ1) is 20.2. The first-order valence-electron chi connectivity index (χ1n) is 14.2. The molecule has 0 unspecified atom stereocenters. The summed E-state index contributed by atoms with van der Waals surface area (Å²) in [5.74, 6) is -0.207. The smallest absolute Gasteiger partial charge is 0.459 e. The fourth-order valence-corrected chi connectivity index (χ4v) is 5.92. The summed E-state index contributed by atoms with van der Waals surface area (Å²) in [4.78, 5) is 19.0. The molecule has 42 heavy (non-hydrogen) atoms. The van der Waals surface area contributed by atoms with Crippen molar-refractivity contribution in [2.75, 3.05) is 51.9 Å². The molecule has 2 aromatic carbocycles. The van der Waals surface area contributed by atoms with Crippen molar-refractivity contribution < 1.29 is 27.9 Å². The number of benzene rings is 2. The first kappa shape index (κ1) is 33.8. The van der Waals surface area contributed by atoms with Crippen LogP contribution < -0.4 is 14.9 Å². The molecule has 1 heterocycles. The Bertz CT molecular complexity index is 1300. The fourth-order valence-electron chi connectivity index (χ4n) is 4.27. The molecule has 2 N–H and O–H groups in total. The third-order valence-electron chi connectivity index (χ3n) is 6.54. The van der Waals surface area contributed by atoms with Crippen molar-refractivity contribution in [3.05, 3.63) is 65.8 Å². The number of methoxy groups -OCH3 is 1. The van der Waals surface area contributed by atoms with Gasteiger partial charge in [0.2, 0.25) is 0 Å². The van der Waals surface area contributed by atoms with Gasteiger partial charge in [-0.15, -0.1) is 0 Å². The van der Waals surface area contributed by atoms with E-state index in [0.29, 0.717) is 17.3 Å². The van der Waals surface area contributed by atoms with Gasteiger partial charge in [0.1, 0.15) is 18.4 Å². The van der Waals surface area contributed by atoms with Crippen LogP contribution in [0.3, 0.4) is 0 Å². The Labute approximate surface area is 253 Å². The summed E-state index contributed by atoms with van der Waals surface area (Å²) in [6, 6.07) is 15.7. The van der Waals surface area contributed by atoms with Crippen molar-refractivity contribution in [1.82, 2.24) is 15.0 Å². The van der Waals surface area contributed by atoms with Gasteiger partial charge in [-0.05, 0) is 76.2 Å². The molecule has 12 heteroatoms. The largest absolute Gasteiger partial charge is 0.462 e. The van der Waals surface area contributed by atoms with E-state index in [4.69, 9.17) is 30.1 Å². The molecule has 0 radical (unpaired) electrons. The van der Waals surface area contributed by atoms with Crippen LogP contribution in [0.15, 0.2) is 60.8 Å². The van der Waals surface area contributed by atoms with Crippen molar-refractivity contribution in [3.63, 3.8) is 0 Å². The maximum absolute atomic E-state index is 13.7. The number of rotatable bonds is 19. The van der Waals surface area contributed by atoms with E-state index in [-0.39, 0.29) is 25.9 Å². The van der Waals surface area contributed by atoms with E-state index in [0.717, 1.165) is 42.5 Å². The Morgan fingerprint density at radius 1 is 1.07 bits per heavy atom. The number of nitrogens with one attached hydrogen (secondary N) is 2. The highest BCUT2D eigenvalue weighted by Crippen LogP contribution is 2.44. The minimum atomic E-state index is -3.89. The number of para-hydroxylation sites is 1. The van der Waals surface area contributed by atoms with Crippen molar-refractivity contribution in [2.24, 2.45) is 0 Å². The molecule has 0 saturated carbocycles. The van der Waals surface area contributed by atoms with E-state index in [1.165, 1.54) is 7.11 Å². The number of carbonyl (C=O) groups is 1. The van der Waals surface area contributed by atoms with Gasteiger partial charge in [0.05, 0.1) is 18.7 Å². The summed E-state index contributed by atoms with van der Waals surface area (Å²) < 4.78 is 35.2. The molecule has 0 amide bonds. The van der Waals surface area contributed by atoms with Crippen LogP contribution in [0.1, 0.15) is 33.6 Å². The number of ether oxygens (including phenoxy) is 2. The van der Waals surface area contributed by atoms with Crippen LogP contribution in [-0.4, -0.2) is 74.5 Å². The summed E-state index contributed by atoms with van der Waals surface area (Å²) in [6.07, 6.45) is 3.69. The number of esters is 1. The molecule has 3 rings (SSSR count). The van der Waals surface area contributed by atoms with Crippen LogP contribution in [-0.2, 0) is 23.4 Å². The van der Waals surface area contributed by atoms with E-state index < -0.39 is 19.8 Å². The van der Waals surface area contributed by atoms with Crippen molar-refractivity contribution in [1.29, 1.82) is 0 Å².